The van der Waals surface area contributed by atoms with Crippen LogP contribution in [0.15, 0.2) is 103 Å². The van der Waals surface area contributed by atoms with Crippen LogP contribution in [0, 0.1) is 5.41 Å². The molecule has 8 nitrogen and oxygen atoms in total. The van der Waals surface area contributed by atoms with Crippen LogP contribution in [0.5, 0.6) is 11.5 Å². The van der Waals surface area contributed by atoms with E-state index in [0.717, 1.165) is 11.1 Å². The number of hydrogen-bond donors (Lipinski definition) is 5. The molecule has 0 unspecified atom stereocenters. The Morgan fingerprint density at radius 3 is 2.18 bits per heavy atom. The van der Waals surface area contributed by atoms with E-state index in [4.69, 9.17) is 20.1 Å². The molecule has 2 atom stereocenters. The van der Waals surface area contributed by atoms with Gasteiger partial charge < -0.3 is 20.1 Å². The number of benzene rings is 4. The Kier molecular flexibility index (Phi) is 9.16. The zero-order valence-electron chi connectivity index (χ0n) is 21.8. The zero-order valence-corrected chi connectivity index (χ0v) is 21.8. The lowest BCUT2D eigenvalue weighted by Crippen LogP contribution is -2.35. The number of ether oxygens (including phenoxy) is 2. The summed E-state index contributed by atoms with van der Waals surface area (Å²) >= 11 is 0. The van der Waals surface area contributed by atoms with Crippen molar-refractivity contribution >= 4 is 17.4 Å². The molecule has 1 amide bonds. The first-order valence-corrected chi connectivity index (χ1v) is 12.5. The largest absolute Gasteiger partial charge is 0.493 e. The van der Waals surface area contributed by atoms with Gasteiger partial charge in [0.25, 0.3) is 0 Å². The summed E-state index contributed by atoms with van der Waals surface area (Å²) in [6.07, 6.45) is 0. The fourth-order valence-corrected chi connectivity index (χ4v) is 4.10. The maximum absolute atomic E-state index is 13.6. The maximum atomic E-state index is 13.6. The van der Waals surface area contributed by atoms with Crippen LogP contribution in [0.25, 0.3) is 0 Å². The van der Waals surface area contributed by atoms with Crippen LogP contribution in [0.4, 0.5) is 5.69 Å². The summed E-state index contributed by atoms with van der Waals surface area (Å²) in [6.45, 7) is 2.32. The molecular formula is C31H32N4O4. The van der Waals surface area contributed by atoms with E-state index in [1.807, 2.05) is 79.1 Å². The molecule has 0 bridgehead atoms. The van der Waals surface area contributed by atoms with Gasteiger partial charge in [-0.15, -0.1) is 0 Å². The minimum Gasteiger partial charge on any atom is -0.493 e. The minimum atomic E-state index is -0.755. The highest BCUT2D eigenvalue weighted by molar-refractivity contribution is 5.96. The number of rotatable bonds is 11. The third-order valence-corrected chi connectivity index (χ3v) is 6.28. The van der Waals surface area contributed by atoms with Gasteiger partial charge in [-0.3, -0.25) is 20.9 Å². The van der Waals surface area contributed by atoms with Crippen molar-refractivity contribution in [1.29, 1.82) is 5.41 Å². The first kappa shape index (κ1) is 27.2. The topological polar surface area (TPSA) is 116 Å². The van der Waals surface area contributed by atoms with Crippen molar-refractivity contribution in [3.05, 3.63) is 125 Å². The SMILES string of the molecule is COc1cc([C@H](Nc2ccc(C(=N)NO)cc2)C(=O)N[C@H](C)c2ccccc2)ccc1OCc1ccccc1. The molecular weight excluding hydrogens is 492 g/mol. The second-order valence-electron chi connectivity index (χ2n) is 8.97. The summed E-state index contributed by atoms with van der Waals surface area (Å²) in [6, 6.07) is 30.9. The van der Waals surface area contributed by atoms with Crippen molar-refractivity contribution in [1.82, 2.24) is 10.8 Å². The number of hydrogen-bond acceptors (Lipinski definition) is 6. The summed E-state index contributed by atoms with van der Waals surface area (Å²) in [5.41, 5.74) is 5.71. The van der Waals surface area contributed by atoms with Crippen LogP contribution in [0.1, 0.15) is 41.3 Å². The van der Waals surface area contributed by atoms with Crippen LogP contribution in [0.3, 0.4) is 0 Å². The molecule has 4 aromatic carbocycles. The number of carbonyl (C=O) groups is 1. The molecule has 0 saturated heterocycles. The van der Waals surface area contributed by atoms with Gasteiger partial charge in [0.15, 0.2) is 11.5 Å². The molecule has 5 N–H and O–H groups in total. The summed E-state index contributed by atoms with van der Waals surface area (Å²) in [5.74, 6) is 0.738. The molecule has 4 aromatic rings. The van der Waals surface area contributed by atoms with Crippen molar-refractivity contribution < 1.29 is 19.5 Å². The third kappa shape index (κ3) is 7.15. The fraction of sp³-hybridized carbons (Fsp3) is 0.161. The molecule has 0 fully saturated rings. The number of amidine groups is 1. The Labute approximate surface area is 228 Å². The van der Waals surface area contributed by atoms with Crippen LogP contribution >= 0.6 is 0 Å². The van der Waals surface area contributed by atoms with Gasteiger partial charge in [-0.25, -0.2) is 0 Å². The van der Waals surface area contributed by atoms with Gasteiger partial charge in [-0.05, 0) is 60.0 Å². The van der Waals surface area contributed by atoms with E-state index in [1.165, 1.54) is 0 Å². The van der Waals surface area contributed by atoms with Gasteiger partial charge >= 0.3 is 0 Å². The van der Waals surface area contributed by atoms with Crippen LogP contribution in [-0.2, 0) is 11.4 Å². The average Bonchev–Trinajstić information content (AvgIpc) is 2.99. The lowest BCUT2D eigenvalue weighted by Gasteiger charge is -2.24. The number of hydroxylamine groups is 1. The molecule has 0 heterocycles. The predicted octanol–water partition coefficient (Wildman–Crippen LogP) is 5.61. The molecule has 0 spiro atoms. The highest BCUT2D eigenvalue weighted by atomic mass is 16.5. The lowest BCUT2D eigenvalue weighted by atomic mass is 10.0. The van der Waals surface area contributed by atoms with Crippen LogP contribution < -0.4 is 25.6 Å². The average molecular weight is 525 g/mol. The van der Waals surface area contributed by atoms with Crippen LogP contribution in [-0.4, -0.2) is 24.1 Å². The van der Waals surface area contributed by atoms with E-state index in [9.17, 15) is 4.79 Å². The van der Waals surface area contributed by atoms with Crippen molar-refractivity contribution in [3.8, 4) is 11.5 Å². The smallest absolute Gasteiger partial charge is 0.247 e. The molecule has 0 radical (unpaired) electrons. The number of amides is 1. The lowest BCUT2D eigenvalue weighted by molar-refractivity contribution is -0.122. The van der Waals surface area contributed by atoms with E-state index in [2.05, 4.69) is 10.6 Å². The zero-order chi connectivity index (χ0) is 27.6. The summed E-state index contributed by atoms with van der Waals surface area (Å²) in [5, 5.41) is 23.2. The number of methoxy groups -OCH3 is 1. The summed E-state index contributed by atoms with van der Waals surface area (Å²) < 4.78 is 11.6. The summed E-state index contributed by atoms with van der Waals surface area (Å²) in [4.78, 5) is 13.6. The molecule has 4 rings (SSSR count). The number of anilines is 1. The highest BCUT2D eigenvalue weighted by Crippen LogP contribution is 2.33. The minimum absolute atomic E-state index is 0.122. The van der Waals surface area contributed by atoms with E-state index < -0.39 is 6.04 Å². The van der Waals surface area contributed by atoms with Gasteiger partial charge in [0.2, 0.25) is 5.91 Å². The van der Waals surface area contributed by atoms with Crippen molar-refractivity contribution in [3.63, 3.8) is 0 Å². The molecule has 8 heteroatoms. The number of nitrogens with one attached hydrogen (secondary N) is 4. The predicted molar refractivity (Wildman–Crippen MR) is 151 cm³/mol. The normalized spacial score (nSPS) is 12.1. The van der Waals surface area contributed by atoms with Crippen molar-refractivity contribution in [2.24, 2.45) is 0 Å². The third-order valence-electron chi connectivity index (χ3n) is 6.28. The number of carbonyl (C=O) groups excluding carboxylic acids is 1. The monoisotopic (exact) mass is 524 g/mol. The van der Waals surface area contributed by atoms with Gasteiger partial charge in [0, 0.05) is 11.3 Å². The van der Waals surface area contributed by atoms with E-state index in [0.29, 0.717) is 34.9 Å². The second kappa shape index (κ2) is 13.1. The first-order chi connectivity index (χ1) is 19.0. The van der Waals surface area contributed by atoms with Crippen molar-refractivity contribution in [2.45, 2.75) is 25.6 Å². The van der Waals surface area contributed by atoms with Gasteiger partial charge in [0.1, 0.15) is 18.5 Å². The quantitative estimate of drug-likeness (QED) is 0.0990. The first-order valence-electron chi connectivity index (χ1n) is 12.5. The molecule has 0 aliphatic heterocycles. The maximum Gasteiger partial charge on any atom is 0.247 e. The molecule has 0 aromatic heterocycles. The Hall–Kier alpha value is -4.82. The Balaban J connectivity index is 1.59. The molecule has 0 aliphatic carbocycles. The van der Waals surface area contributed by atoms with Gasteiger partial charge in [0.05, 0.1) is 13.2 Å². The Bertz CT molecular complexity index is 1380. The standard InChI is InChI=1S/C31H32N4O4/c1-21(23-11-7-4-8-12-23)33-31(36)29(34-26-16-13-24(14-17-26)30(32)35-37)25-15-18-27(28(19-25)38-2)39-20-22-9-5-3-6-10-22/h3-19,21,29,34,37H,20H2,1-2H3,(H2,32,35)(H,33,36)/t21-,29+/m1/s1. The van der Waals surface area contributed by atoms with E-state index in [-0.39, 0.29) is 17.8 Å². The van der Waals surface area contributed by atoms with E-state index >= 15 is 0 Å². The van der Waals surface area contributed by atoms with Crippen molar-refractivity contribution in [2.75, 3.05) is 12.4 Å². The fourth-order valence-electron chi connectivity index (χ4n) is 4.10. The van der Waals surface area contributed by atoms with E-state index in [1.54, 1.807) is 43.5 Å². The van der Waals surface area contributed by atoms with Crippen LogP contribution in [0.2, 0.25) is 0 Å². The Morgan fingerprint density at radius 2 is 1.54 bits per heavy atom. The summed E-state index contributed by atoms with van der Waals surface area (Å²) in [7, 11) is 1.57. The van der Waals surface area contributed by atoms with Gasteiger partial charge in [-0.2, -0.15) is 0 Å². The Morgan fingerprint density at radius 1 is 0.872 bits per heavy atom. The molecule has 0 aliphatic rings. The molecule has 39 heavy (non-hydrogen) atoms. The molecule has 0 saturated carbocycles. The van der Waals surface area contributed by atoms with Gasteiger partial charge in [-0.1, -0.05) is 66.7 Å². The highest BCUT2D eigenvalue weighted by Gasteiger charge is 2.24. The second-order valence-corrected chi connectivity index (χ2v) is 8.97. The molecule has 200 valence electrons.